The molecule has 0 aliphatic carbocycles. The molecule has 4 heteroatoms. The first kappa shape index (κ1) is 17.4. The number of rotatable bonds is 3. The van der Waals surface area contributed by atoms with Gasteiger partial charge in [0.1, 0.15) is 12.4 Å². The van der Waals surface area contributed by atoms with Crippen LogP contribution in [-0.4, -0.2) is 11.2 Å². The van der Waals surface area contributed by atoms with E-state index < -0.39 is 0 Å². The average Bonchev–Trinajstić information content (AvgIpc) is 2.71. The first-order valence-electron chi connectivity index (χ1n) is 8.58. The average molecular weight is 418 g/mol. The lowest BCUT2D eigenvalue weighted by Gasteiger charge is -2.12. The number of benzene rings is 3. The molecule has 1 aromatic heterocycles. The largest absolute Gasteiger partial charge is 0.481 e. The summed E-state index contributed by atoms with van der Waals surface area (Å²) in [4.78, 5) is 12.8. The second-order valence-electron chi connectivity index (χ2n) is 6.05. The standard InChI is InChI=1S/C23H16BrNO2/c24-17-12-13-22-20(16-17)23(26)19-10-4-5-11-21(19)25(22)14-6-7-15-27-18-8-2-1-3-9-18/h1-5,8-13,16H,14-15H2. The zero-order valence-electron chi connectivity index (χ0n) is 14.5. The van der Waals surface area contributed by atoms with Gasteiger partial charge in [-0.25, -0.2) is 0 Å². The minimum Gasteiger partial charge on any atom is -0.481 e. The van der Waals surface area contributed by atoms with Crippen LogP contribution in [0.1, 0.15) is 0 Å². The van der Waals surface area contributed by atoms with Crippen molar-refractivity contribution in [2.75, 3.05) is 6.61 Å². The Bertz CT molecular complexity index is 1230. The summed E-state index contributed by atoms with van der Waals surface area (Å²) in [6.45, 7) is 0.808. The molecule has 0 saturated carbocycles. The molecule has 0 radical (unpaired) electrons. The van der Waals surface area contributed by atoms with Gasteiger partial charge in [-0.05, 0) is 42.5 Å². The van der Waals surface area contributed by atoms with Crippen molar-refractivity contribution >= 4 is 37.7 Å². The summed E-state index contributed by atoms with van der Waals surface area (Å²) in [5.74, 6) is 7.02. The van der Waals surface area contributed by atoms with Gasteiger partial charge in [0, 0.05) is 15.2 Å². The van der Waals surface area contributed by atoms with E-state index in [0.717, 1.165) is 21.3 Å². The number of para-hydroxylation sites is 2. The topological polar surface area (TPSA) is 31.2 Å². The molecule has 0 unspecified atom stereocenters. The summed E-state index contributed by atoms with van der Waals surface area (Å²) in [6.07, 6.45) is 0. The molecule has 0 saturated heterocycles. The van der Waals surface area contributed by atoms with Crippen LogP contribution in [0.5, 0.6) is 5.75 Å². The van der Waals surface area contributed by atoms with Gasteiger partial charge in [-0.15, -0.1) is 0 Å². The first-order chi connectivity index (χ1) is 13.2. The van der Waals surface area contributed by atoms with Crippen LogP contribution in [0.15, 0.2) is 82.1 Å². The molecule has 0 aliphatic heterocycles. The van der Waals surface area contributed by atoms with Crippen molar-refractivity contribution in [3.63, 3.8) is 0 Å². The van der Waals surface area contributed by atoms with Crippen molar-refractivity contribution in [2.24, 2.45) is 0 Å². The molecule has 0 aliphatic rings. The third kappa shape index (κ3) is 3.60. The predicted molar refractivity (Wildman–Crippen MR) is 113 cm³/mol. The molecule has 1 heterocycles. The Kier molecular flexibility index (Phi) is 4.95. The molecule has 4 rings (SSSR count). The fourth-order valence-corrected chi connectivity index (χ4v) is 3.45. The van der Waals surface area contributed by atoms with Crippen LogP contribution >= 0.6 is 15.9 Å². The summed E-state index contributed by atoms with van der Waals surface area (Å²) >= 11 is 3.46. The number of aromatic nitrogens is 1. The Morgan fingerprint density at radius 3 is 2.44 bits per heavy atom. The number of ether oxygens (including phenoxy) is 1. The monoisotopic (exact) mass is 417 g/mol. The summed E-state index contributed by atoms with van der Waals surface area (Å²) in [5.41, 5.74) is 1.80. The lowest BCUT2D eigenvalue weighted by Crippen LogP contribution is -2.11. The highest BCUT2D eigenvalue weighted by Crippen LogP contribution is 2.22. The molecule has 4 aromatic rings. The van der Waals surface area contributed by atoms with Crippen LogP contribution in [0.25, 0.3) is 21.8 Å². The molecule has 3 nitrogen and oxygen atoms in total. The van der Waals surface area contributed by atoms with Crippen molar-refractivity contribution in [1.29, 1.82) is 0 Å². The SMILES string of the molecule is O=c1c2ccccc2n(CC#CCOc2ccccc2)c2ccc(Br)cc12. The minimum atomic E-state index is 0.0403. The van der Waals surface area contributed by atoms with E-state index in [1.165, 1.54) is 0 Å². The van der Waals surface area contributed by atoms with E-state index in [0.29, 0.717) is 23.9 Å². The lowest BCUT2D eigenvalue weighted by molar-refractivity contribution is 0.370. The third-order valence-corrected chi connectivity index (χ3v) is 4.84. The summed E-state index contributed by atoms with van der Waals surface area (Å²) in [5, 5.41) is 1.39. The van der Waals surface area contributed by atoms with Gasteiger partial charge in [0.25, 0.3) is 0 Å². The third-order valence-electron chi connectivity index (χ3n) is 4.35. The Morgan fingerprint density at radius 1 is 0.852 bits per heavy atom. The number of nitrogens with zero attached hydrogens (tertiary/aromatic N) is 1. The maximum Gasteiger partial charge on any atom is 0.197 e. The van der Waals surface area contributed by atoms with Crippen molar-refractivity contribution in [3.8, 4) is 17.6 Å². The number of hydrogen-bond acceptors (Lipinski definition) is 2. The van der Waals surface area contributed by atoms with E-state index >= 15 is 0 Å². The van der Waals surface area contributed by atoms with Crippen molar-refractivity contribution in [3.05, 3.63) is 87.5 Å². The fraction of sp³-hybridized carbons (Fsp3) is 0.0870. The van der Waals surface area contributed by atoms with Gasteiger partial charge in [0.15, 0.2) is 5.43 Å². The molecular weight excluding hydrogens is 402 g/mol. The van der Waals surface area contributed by atoms with E-state index in [4.69, 9.17) is 4.74 Å². The molecule has 0 bridgehead atoms. The van der Waals surface area contributed by atoms with Crippen molar-refractivity contribution in [2.45, 2.75) is 6.54 Å². The molecule has 3 aromatic carbocycles. The van der Waals surface area contributed by atoms with Crippen LogP contribution in [0.4, 0.5) is 0 Å². The smallest absolute Gasteiger partial charge is 0.197 e. The molecule has 132 valence electrons. The maximum atomic E-state index is 12.8. The van der Waals surface area contributed by atoms with Crippen molar-refractivity contribution in [1.82, 2.24) is 4.57 Å². The number of pyridine rings is 1. The van der Waals surface area contributed by atoms with Gasteiger partial charge < -0.3 is 9.30 Å². The predicted octanol–water partition coefficient (Wildman–Crippen LogP) is 5.00. The van der Waals surface area contributed by atoms with Crippen molar-refractivity contribution < 1.29 is 4.74 Å². The molecule has 0 spiro atoms. The molecule has 0 atom stereocenters. The Labute approximate surface area is 165 Å². The van der Waals surface area contributed by atoms with Crippen LogP contribution in [0.3, 0.4) is 0 Å². The zero-order chi connectivity index (χ0) is 18.6. The second kappa shape index (κ2) is 7.69. The highest BCUT2D eigenvalue weighted by atomic mass is 79.9. The second-order valence-corrected chi connectivity index (χ2v) is 6.96. The lowest BCUT2D eigenvalue weighted by atomic mass is 10.1. The maximum absolute atomic E-state index is 12.8. The van der Waals surface area contributed by atoms with E-state index in [2.05, 4.69) is 32.3 Å². The van der Waals surface area contributed by atoms with Gasteiger partial charge >= 0.3 is 0 Å². The Hall–Kier alpha value is -3.03. The number of fused-ring (bicyclic) bond motifs is 2. The Balaban J connectivity index is 1.69. The van der Waals surface area contributed by atoms with E-state index in [9.17, 15) is 4.79 Å². The van der Waals surface area contributed by atoms with E-state index in [1.807, 2.05) is 72.8 Å². The Morgan fingerprint density at radius 2 is 1.59 bits per heavy atom. The quantitative estimate of drug-likeness (QED) is 0.346. The first-order valence-corrected chi connectivity index (χ1v) is 9.38. The fourth-order valence-electron chi connectivity index (χ4n) is 3.09. The molecule has 0 N–H and O–H groups in total. The summed E-state index contributed by atoms with van der Waals surface area (Å²) in [7, 11) is 0. The number of hydrogen-bond donors (Lipinski definition) is 0. The van der Waals surface area contributed by atoms with Crippen LogP contribution in [0.2, 0.25) is 0 Å². The minimum absolute atomic E-state index is 0.0403. The van der Waals surface area contributed by atoms with Crippen LogP contribution < -0.4 is 10.2 Å². The van der Waals surface area contributed by atoms with Gasteiger partial charge in [-0.2, -0.15) is 0 Å². The summed E-state index contributed by atoms with van der Waals surface area (Å²) < 4.78 is 8.58. The van der Waals surface area contributed by atoms with Crippen LogP contribution in [0, 0.1) is 11.8 Å². The normalized spacial score (nSPS) is 10.6. The summed E-state index contributed by atoms with van der Waals surface area (Å²) in [6, 6.07) is 23.0. The molecule has 27 heavy (non-hydrogen) atoms. The van der Waals surface area contributed by atoms with Crippen LogP contribution in [-0.2, 0) is 6.54 Å². The molecular formula is C23H16BrNO2. The molecule has 0 fully saturated rings. The van der Waals surface area contributed by atoms with Gasteiger partial charge in [-0.1, -0.05) is 58.1 Å². The van der Waals surface area contributed by atoms with Gasteiger partial charge in [-0.3, -0.25) is 4.79 Å². The molecule has 0 amide bonds. The highest BCUT2D eigenvalue weighted by Gasteiger charge is 2.10. The van der Waals surface area contributed by atoms with E-state index in [1.54, 1.807) is 0 Å². The van der Waals surface area contributed by atoms with Gasteiger partial charge in [0.2, 0.25) is 0 Å². The highest BCUT2D eigenvalue weighted by molar-refractivity contribution is 9.10. The van der Waals surface area contributed by atoms with E-state index in [-0.39, 0.29) is 5.43 Å². The van der Waals surface area contributed by atoms with Gasteiger partial charge in [0.05, 0.1) is 17.6 Å². The zero-order valence-corrected chi connectivity index (χ0v) is 16.1. The number of halogens is 1.